The van der Waals surface area contributed by atoms with Gasteiger partial charge in [0, 0.05) is 18.4 Å². The summed E-state index contributed by atoms with van der Waals surface area (Å²) in [5.41, 5.74) is 2.86. The molecule has 5 atom stereocenters. The van der Waals surface area contributed by atoms with Gasteiger partial charge in [0.05, 0.1) is 31.0 Å². The van der Waals surface area contributed by atoms with Gasteiger partial charge >= 0.3 is 0 Å². The van der Waals surface area contributed by atoms with Gasteiger partial charge in [-0.1, -0.05) is 37.1 Å². The van der Waals surface area contributed by atoms with Crippen LogP contribution in [0.3, 0.4) is 0 Å². The summed E-state index contributed by atoms with van der Waals surface area (Å²) < 4.78 is 18.4. The van der Waals surface area contributed by atoms with Gasteiger partial charge in [0.15, 0.2) is 0 Å². The summed E-state index contributed by atoms with van der Waals surface area (Å²) in [6, 6.07) is 9.29. The molecule has 1 saturated carbocycles. The fraction of sp³-hybridized carbons (Fsp3) is 0.760. The number of benzene rings is 1. The molecule has 1 aliphatic carbocycles. The SMILES string of the molecule is CC(C)OC(C)C1CCOCC1c1cccc([C@H]2CCCC[C@@H]2OC(C)C)c1. The molecule has 0 N–H and O–H groups in total. The zero-order valence-corrected chi connectivity index (χ0v) is 18.5. The third kappa shape index (κ3) is 5.58. The lowest BCUT2D eigenvalue weighted by Gasteiger charge is -2.37. The fourth-order valence-corrected chi connectivity index (χ4v) is 5.20. The van der Waals surface area contributed by atoms with Gasteiger partial charge in [0.2, 0.25) is 0 Å². The molecule has 0 bridgehead atoms. The second-order valence-corrected chi connectivity index (χ2v) is 9.31. The normalized spacial score (nSPS) is 30.0. The molecular weight excluding hydrogens is 348 g/mol. The Hall–Kier alpha value is -0.900. The lowest BCUT2D eigenvalue weighted by atomic mass is 9.77. The van der Waals surface area contributed by atoms with Crippen molar-refractivity contribution >= 4 is 0 Å². The average Bonchev–Trinajstić information content (AvgIpc) is 2.67. The largest absolute Gasteiger partial charge is 0.381 e. The first kappa shape index (κ1) is 21.8. The predicted octanol–water partition coefficient (Wildman–Crippen LogP) is 6.07. The minimum absolute atomic E-state index is 0.254. The Balaban J connectivity index is 1.80. The Morgan fingerprint density at radius 3 is 2.32 bits per heavy atom. The van der Waals surface area contributed by atoms with Gasteiger partial charge in [0.25, 0.3) is 0 Å². The average molecular weight is 389 g/mol. The van der Waals surface area contributed by atoms with Crippen LogP contribution in [0.5, 0.6) is 0 Å². The first-order valence-electron chi connectivity index (χ1n) is 11.4. The van der Waals surface area contributed by atoms with Crippen LogP contribution in [0.1, 0.15) is 89.7 Å². The van der Waals surface area contributed by atoms with Gasteiger partial charge in [0.1, 0.15) is 0 Å². The van der Waals surface area contributed by atoms with E-state index >= 15 is 0 Å². The maximum atomic E-state index is 6.30. The molecule has 28 heavy (non-hydrogen) atoms. The van der Waals surface area contributed by atoms with Crippen LogP contribution in [0, 0.1) is 5.92 Å². The lowest BCUT2D eigenvalue weighted by molar-refractivity contribution is -0.0598. The van der Waals surface area contributed by atoms with E-state index in [-0.39, 0.29) is 12.2 Å². The van der Waals surface area contributed by atoms with Gasteiger partial charge in [-0.2, -0.15) is 0 Å². The van der Waals surface area contributed by atoms with E-state index in [0.717, 1.165) is 19.6 Å². The van der Waals surface area contributed by atoms with E-state index in [0.29, 0.717) is 30.0 Å². The molecule has 1 aromatic carbocycles. The Kier molecular flexibility index (Phi) is 7.96. The van der Waals surface area contributed by atoms with Crippen molar-refractivity contribution in [1.82, 2.24) is 0 Å². The smallest absolute Gasteiger partial charge is 0.0647 e. The third-order valence-electron chi connectivity index (χ3n) is 6.42. The first-order chi connectivity index (χ1) is 13.5. The molecule has 3 nitrogen and oxygen atoms in total. The number of rotatable bonds is 7. The molecule has 1 aliphatic heterocycles. The van der Waals surface area contributed by atoms with Crippen LogP contribution in [-0.2, 0) is 14.2 Å². The molecule has 3 unspecified atom stereocenters. The molecule has 0 aromatic heterocycles. The number of ether oxygens (including phenoxy) is 3. The molecule has 1 heterocycles. The van der Waals surface area contributed by atoms with E-state index in [9.17, 15) is 0 Å². The maximum Gasteiger partial charge on any atom is 0.0647 e. The first-order valence-corrected chi connectivity index (χ1v) is 11.4. The molecule has 1 aromatic rings. The highest BCUT2D eigenvalue weighted by molar-refractivity contribution is 5.31. The van der Waals surface area contributed by atoms with E-state index in [1.807, 2.05) is 0 Å². The van der Waals surface area contributed by atoms with Crippen molar-refractivity contribution < 1.29 is 14.2 Å². The number of hydrogen-bond acceptors (Lipinski definition) is 3. The van der Waals surface area contributed by atoms with E-state index in [1.54, 1.807) is 0 Å². The van der Waals surface area contributed by atoms with Gasteiger partial charge in [-0.05, 0) is 70.9 Å². The summed E-state index contributed by atoms with van der Waals surface area (Å²) >= 11 is 0. The van der Waals surface area contributed by atoms with Gasteiger partial charge in [-0.25, -0.2) is 0 Å². The Labute approximate surface area is 172 Å². The van der Waals surface area contributed by atoms with Crippen LogP contribution in [-0.4, -0.2) is 37.6 Å². The zero-order chi connectivity index (χ0) is 20.1. The van der Waals surface area contributed by atoms with E-state index in [4.69, 9.17) is 14.2 Å². The van der Waals surface area contributed by atoms with Gasteiger partial charge in [-0.3, -0.25) is 0 Å². The van der Waals surface area contributed by atoms with Crippen LogP contribution in [0.25, 0.3) is 0 Å². The van der Waals surface area contributed by atoms with Gasteiger partial charge < -0.3 is 14.2 Å². The monoisotopic (exact) mass is 388 g/mol. The van der Waals surface area contributed by atoms with Crippen LogP contribution in [0.15, 0.2) is 24.3 Å². The van der Waals surface area contributed by atoms with Crippen molar-refractivity contribution in [3.8, 4) is 0 Å². The van der Waals surface area contributed by atoms with Crippen molar-refractivity contribution in [3.05, 3.63) is 35.4 Å². The lowest BCUT2D eigenvalue weighted by Crippen LogP contribution is -2.35. The predicted molar refractivity (Wildman–Crippen MR) is 115 cm³/mol. The molecule has 3 heteroatoms. The zero-order valence-electron chi connectivity index (χ0n) is 18.5. The third-order valence-corrected chi connectivity index (χ3v) is 6.42. The minimum atomic E-state index is 0.254. The molecule has 3 rings (SSSR count). The summed E-state index contributed by atoms with van der Waals surface area (Å²) in [7, 11) is 0. The van der Waals surface area contributed by atoms with Crippen LogP contribution < -0.4 is 0 Å². The summed E-state index contributed by atoms with van der Waals surface area (Å²) in [6.07, 6.45) is 7.25. The van der Waals surface area contributed by atoms with Crippen molar-refractivity contribution in [1.29, 1.82) is 0 Å². The molecule has 158 valence electrons. The van der Waals surface area contributed by atoms with Crippen LogP contribution in [0.2, 0.25) is 0 Å². The van der Waals surface area contributed by atoms with Gasteiger partial charge in [-0.15, -0.1) is 0 Å². The quantitative estimate of drug-likeness (QED) is 0.567. The second kappa shape index (κ2) is 10.2. The maximum absolute atomic E-state index is 6.30. The summed E-state index contributed by atoms with van der Waals surface area (Å²) in [5.74, 6) is 1.44. The molecule has 1 saturated heterocycles. The Morgan fingerprint density at radius 2 is 1.61 bits per heavy atom. The molecule has 0 spiro atoms. The summed E-state index contributed by atoms with van der Waals surface area (Å²) in [6.45, 7) is 12.5. The summed E-state index contributed by atoms with van der Waals surface area (Å²) in [5, 5.41) is 0. The van der Waals surface area contributed by atoms with Crippen molar-refractivity contribution in [3.63, 3.8) is 0 Å². The standard InChI is InChI=1S/C25H40O3/c1-17(2)27-19(5)22-13-14-26-16-24(22)21-10-8-9-20(15-21)23-11-6-7-12-25(23)28-18(3)4/h8-10,15,17-19,22-25H,6-7,11-14,16H2,1-5H3/t19?,22?,23-,24?,25+/m1/s1. The highest BCUT2D eigenvalue weighted by Crippen LogP contribution is 2.39. The van der Waals surface area contributed by atoms with Crippen molar-refractivity contribution in [2.24, 2.45) is 5.92 Å². The topological polar surface area (TPSA) is 27.7 Å². The molecular formula is C25H40O3. The molecule has 0 radical (unpaired) electrons. The highest BCUT2D eigenvalue weighted by atomic mass is 16.5. The van der Waals surface area contributed by atoms with E-state index < -0.39 is 0 Å². The second-order valence-electron chi connectivity index (χ2n) is 9.31. The minimum Gasteiger partial charge on any atom is -0.381 e. The molecule has 2 fully saturated rings. The Morgan fingerprint density at radius 1 is 0.893 bits per heavy atom. The highest BCUT2D eigenvalue weighted by Gasteiger charge is 2.33. The van der Waals surface area contributed by atoms with E-state index in [1.165, 1.54) is 36.8 Å². The van der Waals surface area contributed by atoms with Crippen molar-refractivity contribution in [2.75, 3.05) is 13.2 Å². The molecule has 2 aliphatic rings. The van der Waals surface area contributed by atoms with E-state index in [2.05, 4.69) is 58.9 Å². The van der Waals surface area contributed by atoms with Crippen LogP contribution >= 0.6 is 0 Å². The van der Waals surface area contributed by atoms with Crippen molar-refractivity contribution in [2.45, 2.75) is 103 Å². The summed E-state index contributed by atoms with van der Waals surface area (Å²) in [4.78, 5) is 0. The fourth-order valence-electron chi connectivity index (χ4n) is 5.20. The number of hydrogen-bond donors (Lipinski definition) is 0. The van der Waals surface area contributed by atoms with Crippen LogP contribution in [0.4, 0.5) is 0 Å². The Bertz CT molecular complexity index is 597. The molecule has 0 amide bonds.